The molecule has 0 aromatic carbocycles. The van der Waals surface area contributed by atoms with Crippen LogP contribution in [0.4, 0.5) is 4.39 Å². The highest BCUT2D eigenvalue weighted by Gasteiger charge is 2.06. The van der Waals surface area contributed by atoms with E-state index in [2.05, 4.69) is 15.3 Å². The zero-order valence-corrected chi connectivity index (χ0v) is 8.71. The summed E-state index contributed by atoms with van der Waals surface area (Å²) in [5.41, 5.74) is 1.19. The number of pyridine rings is 1. The molecule has 2 rings (SSSR count). The van der Waals surface area contributed by atoms with Gasteiger partial charge in [0.2, 0.25) is 0 Å². The van der Waals surface area contributed by atoms with E-state index < -0.39 is 6.10 Å². The van der Waals surface area contributed by atoms with Crippen molar-refractivity contribution in [2.45, 2.75) is 19.6 Å². The second-order valence-corrected chi connectivity index (χ2v) is 3.53. The van der Waals surface area contributed by atoms with Crippen molar-refractivity contribution in [3.63, 3.8) is 0 Å². The van der Waals surface area contributed by atoms with Crippen LogP contribution in [-0.4, -0.2) is 25.1 Å². The van der Waals surface area contributed by atoms with Crippen molar-refractivity contribution < 1.29 is 9.50 Å². The molecule has 1 atom stereocenters. The van der Waals surface area contributed by atoms with Crippen molar-refractivity contribution >= 4 is 0 Å². The smallest absolute Gasteiger partial charge is 0.141 e. The molecule has 0 amide bonds. The van der Waals surface area contributed by atoms with E-state index in [0.717, 1.165) is 6.20 Å². The normalized spacial score (nSPS) is 12.7. The summed E-state index contributed by atoms with van der Waals surface area (Å²) in [5, 5.41) is 16.9. The van der Waals surface area contributed by atoms with Gasteiger partial charge in [-0.1, -0.05) is 5.21 Å². The predicted molar refractivity (Wildman–Crippen MR) is 54.0 cm³/mol. The summed E-state index contributed by atoms with van der Waals surface area (Å²) < 4.78 is 14.4. The zero-order chi connectivity index (χ0) is 11.5. The van der Waals surface area contributed by atoms with Crippen molar-refractivity contribution in [2.75, 3.05) is 0 Å². The number of halogens is 1. The second-order valence-electron chi connectivity index (χ2n) is 3.53. The van der Waals surface area contributed by atoms with Crippen LogP contribution in [0.25, 0.3) is 0 Å². The van der Waals surface area contributed by atoms with Gasteiger partial charge in [0, 0.05) is 6.20 Å². The molecule has 1 unspecified atom stereocenters. The van der Waals surface area contributed by atoms with Gasteiger partial charge in [0.25, 0.3) is 0 Å². The van der Waals surface area contributed by atoms with E-state index in [0.29, 0.717) is 17.8 Å². The fraction of sp³-hybridized carbons (Fsp3) is 0.300. The van der Waals surface area contributed by atoms with Crippen LogP contribution in [0.2, 0.25) is 0 Å². The summed E-state index contributed by atoms with van der Waals surface area (Å²) in [4.78, 5) is 3.74. The van der Waals surface area contributed by atoms with Gasteiger partial charge in [-0.05, 0) is 18.6 Å². The first kappa shape index (κ1) is 10.7. The quantitative estimate of drug-likeness (QED) is 0.838. The lowest BCUT2D eigenvalue weighted by molar-refractivity contribution is 0.194. The maximum Gasteiger partial charge on any atom is 0.141 e. The molecular weight excluding hydrogens is 211 g/mol. The van der Waals surface area contributed by atoms with Crippen LogP contribution >= 0.6 is 0 Å². The van der Waals surface area contributed by atoms with Gasteiger partial charge in [0.1, 0.15) is 11.5 Å². The minimum absolute atomic E-state index is 0.379. The van der Waals surface area contributed by atoms with Gasteiger partial charge in [0.15, 0.2) is 0 Å². The van der Waals surface area contributed by atoms with E-state index in [1.807, 2.05) is 0 Å². The van der Waals surface area contributed by atoms with E-state index in [4.69, 9.17) is 0 Å². The SMILES string of the molecule is CC(O)c1cn(Cc2cncc(F)c2)nn1. The average molecular weight is 222 g/mol. The molecule has 0 saturated heterocycles. The largest absolute Gasteiger partial charge is 0.387 e. The van der Waals surface area contributed by atoms with Gasteiger partial charge in [0.05, 0.1) is 25.0 Å². The Bertz CT molecular complexity index is 483. The Morgan fingerprint density at radius 1 is 1.50 bits per heavy atom. The van der Waals surface area contributed by atoms with E-state index in [1.165, 1.54) is 10.7 Å². The molecule has 0 aliphatic carbocycles. The highest BCUT2D eigenvalue weighted by Crippen LogP contribution is 2.08. The Morgan fingerprint density at radius 3 is 2.94 bits per heavy atom. The summed E-state index contributed by atoms with van der Waals surface area (Å²) in [6.45, 7) is 1.99. The van der Waals surface area contributed by atoms with Gasteiger partial charge in [-0.2, -0.15) is 0 Å². The molecule has 2 heterocycles. The number of aromatic nitrogens is 4. The van der Waals surface area contributed by atoms with Crippen molar-refractivity contribution in [2.24, 2.45) is 0 Å². The lowest BCUT2D eigenvalue weighted by Gasteiger charge is -2.00. The number of aliphatic hydroxyl groups is 1. The first-order valence-electron chi connectivity index (χ1n) is 4.82. The van der Waals surface area contributed by atoms with Crippen molar-refractivity contribution in [3.8, 4) is 0 Å². The molecule has 5 nitrogen and oxygen atoms in total. The minimum Gasteiger partial charge on any atom is -0.387 e. The van der Waals surface area contributed by atoms with Crippen LogP contribution < -0.4 is 0 Å². The molecule has 0 fully saturated rings. The van der Waals surface area contributed by atoms with Gasteiger partial charge in [-0.15, -0.1) is 5.10 Å². The van der Waals surface area contributed by atoms with Gasteiger partial charge in [-0.25, -0.2) is 9.07 Å². The molecule has 2 aromatic heterocycles. The van der Waals surface area contributed by atoms with E-state index in [9.17, 15) is 9.50 Å². The molecule has 0 bridgehead atoms. The monoisotopic (exact) mass is 222 g/mol. The van der Waals surface area contributed by atoms with Crippen LogP contribution in [0, 0.1) is 5.82 Å². The highest BCUT2D eigenvalue weighted by molar-refractivity contribution is 5.10. The molecule has 0 saturated carbocycles. The first-order chi connectivity index (χ1) is 7.65. The van der Waals surface area contributed by atoms with Crippen LogP contribution in [0.15, 0.2) is 24.7 Å². The fourth-order valence-corrected chi connectivity index (χ4v) is 1.31. The lowest BCUT2D eigenvalue weighted by atomic mass is 10.3. The number of aliphatic hydroxyl groups excluding tert-OH is 1. The highest BCUT2D eigenvalue weighted by atomic mass is 19.1. The van der Waals surface area contributed by atoms with Crippen LogP contribution in [0.5, 0.6) is 0 Å². The Morgan fingerprint density at radius 2 is 2.31 bits per heavy atom. The maximum atomic E-state index is 12.9. The van der Waals surface area contributed by atoms with E-state index in [-0.39, 0.29) is 5.82 Å². The Kier molecular flexibility index (Phi) is 2.91. The topological polar surface area (TPSA) is 63.8 Å². The summed E-state index contributed by atoms with van der Waals surface area (Å²) >= 11 is 0. The molecular formula is C10H11FN4O. The lowest BCUT2D eigenvalue weighted by Crippen LogP contribution is -2.01. The second kappa shape index (κ2) is 4.36. The molecule has 84 valence electrons. The Balaban J connectivity index is 2.14. The molecule has 0 spiro atoms. The number of rotatable bonds is 3. The number of hydrogen-bond donors (Lipinski definition) is 1. The molecule has 1 N–H and O–H groups in total. The summed E-state index contributed by atoms with van der Waals surface area (Å²) in [6, 6.07) is 1.39. The summed E-state index contributed by atoms with van der Waals surface area (Å²) in [7, 11) is 0. The van der Waals surface area contributed by atoms with Crippen LogP contribution in [-0.2, 0) is 6.54 Å². The van der Waals surface area contributed by atoms with Crippen LogP contribution in [0.1, 0.15) is 24.3 Å². The molecule has 0 aliphatic heterocycles. The number of hydrogen-bond acceptors (Lipinski definition) is 4. The van der Waals surface area contributed by atoms with Crippen molar-refractivity contribution in [1.82, 2.24) is 20.0 Å². The first-order valence-corrected chi connectivity index (χ1v) is 4.82. The van der Waals surface area contributed by atoms with Crippen molar-refractivity contribution in [1.29, 1.82) is 0 Å². The molecule has 0 aliphatic rings. The van der Waals surface area contributed by atoms with Gasteiger partial charge < -0.3 is 5.11 Å². The summed E-state index contributed by atoms with van der Waals surface area (Å²) in [6.07, 6.45) is 3.67. The number of nitrogens with zero attached hydrogens (tertiary/aromatic N) is 4. The molecule has 16 heavy (non-hydrogen) atoms. The van der Waals surface area contributed by atoms with E-state index >= 15 is 0 Å². The van der Waals surface area contributed by atoms with Gasteiger partial charge >= 0.3 is 0 Å². The van der Waals surface area contributed by atoms with Crippen LogP contribution in [0.3, 0.4) is 0 Å². The van der Waals surface area contributed by atoms with Crippen molar-refractivity contribution in [3.05, 3.63) is 41.7 Å². The average Bonchev–Trinajstić information content (AvgIpc) is 2.66. The third kappa shape index (κ3) is 2.40. The molecule has 2 aromatic rings. The third-order valence-electron chi connectivity index (χ3n) is 2.09. The maximum absolute atomic E-state index is 12.9. The van der Waals surface area contributed by atoms with E-state index in [1.54, 1.807) is 19.3 Å². The minimum atomic E-state index is -0.653. The Labute approximate surface area is 91.6 Å². The fourth-order valence-electron chi connectivity index (χ4n) is 1.31. The standard InChI is InChI=1S/C10H11FN4O/c1-7(16)10-6-15(14-13-10)5-8-2-9(11)4-12-3-8/h2-4,6-7,16H,5H2,1H3. The summed E-state index contributed by atoms with van der Waals surface area (Å²) in [5.74, 6) is -0.381. The predicted octanol–water partition coefficient (Wildman–Crippen LogP) is 0.914. The Hall–Kier alpha value is -1.82. The zero-order valence-electron chi connectivity index (χ0n) is 8.71. The molecule has 0 radical (unpaired) electrons. The molecule has 6 heteroatoms. The third-order valence-corrected chi connectivity index (χ3v) is 2.09. The van der Waals surface area contributed by atoms with Gasteiger partial charge in [-0.3, -0.25) is 4.98 Å².